The van der Waals surface area contributed by atoms with Crippen molar-refractivity contribution in [2.45, 2.75) is 104 Å². The fourth-order valence-electron chi connectivity index (χ4n) is 8.60. The lowest BCUT2D eigenvalue weighted by atomic mass is 9.81. The molecule has 61 heavy (non-hydrogen) atoms. The van der Waals surface area contributed by atoms with Gasteiger partial charge in [-0.1, -0.05) is 32.9 Å². The van der Waals surface area contributed by atoms with E-state index in [0.717, 1.165) is 5.56 Å². The normalized spacial score (nSPS) is 18.4. The molecule has 17 heteroatoms. The van der Waals surface area contributed by atoms with E-state index in [1.54, 1.807) is 44.2 Å². The Morgan fingerprint density at radius 3 is 2.54 bits per heavy atom. The maximum atomic E-state index is 15.3. The number of ether oxygens (including phenoxy) is 2. The summed E-state index contributed by atoms with van der Waals surface area (Å²) in [5, 5.41) is 20.3. The Morgan fingerprint density at radius 1 is 1.11 bits per heavy atom. The molecule has 2 aliphatic heterocycles. The predicted molar refractivity (Wildman–Crippen MR) is 221 cm³/mol. The number of primary amides is 1. The molecular formula is C44H50FN7O9. The molecule has 4 atom stereocenters. The van der Waals surface area contributed by atoms with Gasteiger partial charge < -0.3 is 46.6 Å². The second-order valence-electron chi connectivity index (χ2n) is 16.4. The first-order chi connectivity index (χ1) is 29.0. The second kappa shape index (κ2) is 17.0. The number of esters is 1. The molecule has 0 radical (unpaired) electrons. The number of anilines is 1. The number of amides is 4. The average molecular weight is 840 g/mol. The van der Waals surface area contributed by atoms with Gasteiger partial charge in [0, 0.05) is 47.2 Å². The van der Waals surface area contributed by atoms with Crippen LogP contribution in [0, 0.1) is 24.6 Å². The Hall–Kier alpha value is -6.20. The van der Waals surface area contributed by atoms with Crippen LogP contribution in [-0.2, 0) is 55.6 Å². The van der Waals surface area contributed by atoms with E-state index >= 15 is 4.39 Å². The van der Waals surface area contributed by atoms with E-state index in [9.17, 15) is 33.9 Å². The van der Waals surface area contributed by atoms with Crippen molar-refractivity contribution in [3.05, 3.63) is 91.5 Å². The van der Waals surface area contributed by atoms with E-state index in [1.165, 1.54) is 10.6 Å². The van der Waals surface area contributed by atoms with Gasteiger partial charge in [-0.2, -0.15) is 0 Å². The number of urea groups is 1. The van der Waals surface area contributed by atoms with Gasteiger partial charge in [-0.25, -0.2) is 23.8 Å². The molecule has 322 valence electrons. The maximum Gasteiger partial charge on any atom is 0.407 e. The summed E-state index contributed by atoms with van der Waals surface area (Å²) in [5.74, 6) is -2.69. The molecule has 2 aromatic heterocycles. The highest BCUT2D eigenvalue weighted by Gasteiger charge is 2.46. The first-order valence-electron chi connectivity index (χ1n) is 20.5. The lowest BCUT2D eigenvalue weighted by molar-refractivity contribution is -0.172. The molecule has 1 aliphatic carbocycles. The van der Waals surface area contributed by atoms with E-state index in [1.807, 2.05) is 13.8 Å². The number of nitrogens with one attached hydrogen (secondary N) is 3. The Labute approximate surface area is 350 Å². The van der Waals surface area contributed by atoms with Gasteiger partial charge in [-0.15, -0.1) is 0 Å². The number of nitrogens with zero attached hydrogens (tertiary/aromatic N) is 2. The molecule has 4 heterocycles. The summed E-state index contributed by atoms with van der Waals surface area (Å²) in [4.78, 5) is 82.2. The molecule has 0 spiro atoms. The van der Waals surface area contributed by atoms with E-state index in [0.29, 0.717) is 75.9 Å². The highest BCUT2D eigenvalue weighted by Crippen LogP contribution is 2.46. The minimum Gasteiger partial charge on any atom is -0.458 e. The number of nitrogens with two attached hydrogens (primary N) is 2. The lowest BCUT2D eigenvalue weighted by Crippen LogP contribution is -2.44. The van der Waals surface area contributed by atoms with Crippen molar-refractivity contribution in [1.82, 2.24) is 20.2 Å². The number of carbonyl (C=O) groups is 5. The van der Waals surface area contributed by atoms with Crippen molar-refractivity contribution < 1.29 is 42.9 Å². The van der Waals surface area contributed by atoms with Crippen molar-refractivity contribution in [2.75, 3.05) is 11.9 Å². The fraction of sp³-hybridized carbons (Fsp3) is 0.432. The molecule has 7 rings (SSSR count). The topological polar surface area (TPSA) is 247 Å². The van der Waals surface area contributed by atoms with Crippen LogP contribution < -0.4 is 33.0 Å². The van der Waals surface area contributed by atoms with Crippen LogP contribution in [0.3, 0.4) is 0 Å². The molecule has 4 aromatic rings. The van der Waals surface area contributed by atoms with Crippen LogP contribution in [0.5, 0.6) is 0 Å². The van der Waals surface area contributed by atoms with Gasteiger partial charge in [-0.3, -0.25) is 14.4 Å². The maximum absolute atomic E-state index is 15.3. The van der Waals surface area contributed by atoms with Crippen molar-refractivity contribution >= 4 is 46.4 Å². The third-order valence-electron chi connectivity index (χ3n) is 12.2. The van der Waals surface area contributed by atoms with Gasteiger partial charge in [0.2, 0.25) is 5.91 Å². The number of carbonyl (C=O) groups excluding carboxylic acids is 5. The minimum atomic E-state index is -2.02. The number of aromatic nitrogens is 2. The molecule has 3 aliphatic rings. The summed E-state index contributed by atoms with van der Waals surface area (Å²) in [6, 6.07) is 7.63. The number of halogens is 1. The number of rotatable bonds is 14. The quantitative estimate of drug-likeness (QED) is 0.0676. The summed E-state index contributed by atoms with van der Waals surface area (Å²) < 4.78 is 27.7. The number of pyridine rings is 2. The zero-order valence-electron chi connectivity index (χ0n) is 34.5. The van der Waals surface area contributed by atoms with Gasteiger partial charge in [0.05, 0.1) is 41.1 Å². The Morgan fingerprint density at radius 2 is 1.85 bits per heavy atom. The number of hydrogen-bond donors (Lipinski definition) is 6. The Balaban J connectivity index is 1.07. The van der Waals surface area contributed by atoms with E-state index in [-0.39, 0.29) is 67.9 Å². The summed E-state index contributed by atoms with van der Waals surface area (Å²) in [7, 11) is 0. The molecule has 2 aromatic carbocycles. The largest absolute Gasteiger partial charge is 0.458 e. The smallest absolute Gasteiger partial charge is 0.407 e. The molecule has 16 nitrogen and oxygen atoms in total. The molecule has 0 saturated carbocycles. The van der Waals surface area contributed by atoms with Crippen LogP contribution in [0.1, 0.15) is 97.9 Å². The summed E-state index contributed by atoms with van der Waals surface area (Å²) in [5.41, 5.74) is 13.8. The SMILES string of the molecule is CC[C@@]1(O)C(=O)OCc2c1cc1n(c2=O)Cc2c-1nc1cc(F)c(C)c3c1c2[C@@H](NC(=O)OCc1ccc(NC(=O)[C@H](CCCNC(N)=O)CC(=O)[C@@H](N)C(C)C)cc1)CC3. The average Bonchev–Trinajstić information content (AvgIpc) is 3.60. The number of Topliss-reactive ketones (excluding diaryl/α,β-unsaturated/α-hetero) is 1. The van der Waals surface area contributed by atoms with E-state index in [4.69, 9.17) is 25.9 Å². The monoisotopic (exact) mass is 839 g/mol. The third-order valence-corrected chi connectivity index (χ3v) is 12.2. The number of ketones is 1. The molecule has 0 unspecified atom stereocenters. The summed E-state index contributed by atoms with van der Waals surface area (Å²) in [6.45, 7) is 6.93. The van der Waals surface area contributed by atoms with E-state index in [2.05, 4.69) is 16.0 Å². The van der Waals surface area contributed by atoms with Gasteiger partial charge in [0.25, 0.3) is 5.56 Å². The Bertz CT molecular complexity index is 2520. The minimum absolute atomic E-state index is 0.0219. The van der Waals surface area contributed by atoms with Crippen LogP contribution in [0.15, 0.2) is 41.2 Å². The molecule has 0 fully saturated rings. The number of cyclic esters (lactones) is 1. The molecule has 4 amide bonds. The number of aliphatic hydroxyl groups is 1. The molecular weight excluding hydrogens is 790 g/mol. The summed E-state index contributed by atoms with van der Waals surface area (Å²) >= 11 is 0. The fourth-order valence-corrected chi connectivity index (χ4v) is 8.60. The van der Waals surface area contributed by atoms with Gasteiger partial charge >= 0.3 is 18.1 Å². The van der Waals surface area contributed by atoms with Gasteiger partial charge in [-0.05, 0) is 85.4 Å². The molecule has 8 N–H and O–H groups in total. The standard InChI is InChI=1S/C44H50FN7O9/c1-5-44(59)29-16-33-38-27(18-52(33)40(55)28(29)20-60-41(44)56)36-31(13-12-26-22(4)30(45)17-32(50-38)35(26)36)51-43(58)61-19-23-8-10-25(11-9-23)49-39(54)24(7-6-14-48-42(47)57)15-34(53)37(46)21(2)3/h8-11,16-17,21,24,31,37,59H,5-7,12-15,18-20,46H2,1-4H3,(H,49,54)(H,51,58)(H3,47,48,57)/t24-,31+,37+,44+/m1/s1. The third kappa shape index (κ3) is 8.19. The molecule has 0 saturated heterocycles. The number of fused-ring (bicyclic) bond motifs is 5. The van der Waals surface area contributed by atoms with Crippen LogP contribution in [-0.4, -0.2) is 57.0 Å². The number of alkyl carbamates (subject to hydrolysis) is 1. The van der Waals surface area contributed by atoms with Crippen LogP contribution in [0.4, 0.5) is 19.7 Å². The van der Waals surface area contributed by atoms with Crippen LogP contribution in [0.25, 0.3) is 22.3 Å². The van der Waals surface area contributed by atoms with Gasteiger partial charge in [0.1, 0.15) is 19.0 Å². The number of aryl methyl sites for hydroxylation is 1. The molecule has 0 bridgehead atoms. The first-order valence-corrected chi connectivity index (χ1v) is 20.5. The van der Waals surface area contributed by atoms with Gasteiger partial charge in [0.15, 0.2) is 11.4 Å². The second-order valence-corrected chi connectivity index (χ2v) is 16.4. The first kappa shape index (κ1) is 42.9. The predicted octanol–water partition coefficient (Wildman–Crippen LogP) is 4.39. The van der Waals surface area contributed by atoms with Crippen LogP contribution >= 0.6 is 0 Å². The number of benzene rings is 2. The van der Waals surface area contributed by atoms with Crippen LogP contribution in [0.2, 0.25) is 0 Å². The Kier molecular flexibility index (Phi) is 12.0. The summed E-state index contributed by atoms with van der Waals surface area (Å²) in [6.07, 6.45) is 0.786. The zero-order chi connectivity index (χ0) is 43.9. The zero-order valence-corrected chi connectivity index (χ0v) is 34.5. The van der Waals surface area contributed by atoms with Crippen molar-refractivity contribution in [2.24, 2.45) is 23.3 Å². The van der Waals surface area contributed by atoms with Crippen molar-refractivity contribution in [1.29, 1.82) is 0 Å². The van der Waals surface area contributed by atoms with Crippen molar-refractivity contribution in [3.63, 3.8) is 0 Å². The number of hydrogen-bond acceptors (Lipinski definition) is 11. The van der Waals surface area contributed by atoms with Crippen molar-refractivity contribution in [3.8, 4) is 11.4 Å². The highest BCUT2D eigenvalue weighted by molar-refractivity contribution is 5.97. The van der Waals surface area contributed by atoms with E-state index < -0.39 is 53.1 Å². The highest BCUT2D eigenvalue weighted by atomic mass is 19.1. The lowest BCUT2D eigenvalue weighted by Gasteiger charge is -2.31.